The van der Waals surface area contributed by atoms with Crippen LogP contribution in [0.3, 0.4) is 0 Å². The lowest BCUT2D eigenvalue weighted by atomic mass is 10.0. The maximum absolute atomic E-state index is 12.8. The average Bonchev–Trinajstić information content (AvgIpc) is 2.69. The van der Waals surface area contributed by atoms with Gasteiger partial charge >= 0.3 is 11.9 Å². The highest BCUT2D eigenvalue weighted by atomic mass is 16.4. The van der Waals surface area contributed by atoms with Gasteiger partial charge < -0.3 is 42.7 Å². The van der Waals surface area contributed by atoms with Crippen LogP contribution in [0.2, 0.25) is 0 Å². The number of unbranched alkanes of at least 4 members (excludes halogenated alkanes) is 1. The number of carboxylic acids is 2. The molecule has 0 saturated heterocycles. The zero-order chi connectivity index (χ0) is 25.7. The van der Waals surface area contributed by atoms with Crippen LogP contribution in [0.5, 0.6) is 0 Å². The van der Waals surface area contributed by atoms with E-state index < -0.39 is 66.4 Å². The fourth-order valence-corrected chi connectivity index (χ4v) is 2.95. The van der Waals surface area contributed by atoms with Crippen molar-refractivity contribution in [2.24, 2.45) is 17.4 Å². The third kappa shape index (κ3) is 12.2. The number of amides is 3. The van der Waals surface area contributed by atoms with E-state index in [-0.39, 0.29) is 12.3 Å². The molecule has 33 heavy (non-hydrogen) atoms. The third-order valence-corrected chi connectivity index (χ3v) is 4.70. The number of carbonyl (C=O) groups excluding carboxylic acids is 3. The molecule has 0 saturated carbocycles. The lowest BCUT2D eigenvalue weighted by molar-refractivity contribution is -0.148. The molecule has 0 aliphatic carbocycles. The molecular weight excluding hydrogens is 438 g/mol. The van der Waals surface area contributed by atoms with Crippen molar-refractivity contribution in [2.75, 3.05) is 6.54 Å². The van der Waals surface area contributed by atoms with Crippen LogP contribution < -0.4 is 27.4 Å². The van der Waals surface area contributed by atoms with E-state index in [1.807, 2.05) is 19.2 Å². The van der Waals surface area contributed by atoms with Gasteiger partial charge in [-0.05, 0) is 45.1 Å². The summed E-state index contributed by atoms with van der Waals surface area (Å²) in [7, 11) is 0. The molecule has 190 valence electrons. The lowest BCUT2D eigenvalue weighted by Crippen LogP contribution is -2.60. The third-order valence-electron chi connectivity index (χ3n) is 4.70. The van der Waals surface area contributed by atoms with Gasteiger partial charge in [-0.15, -0.1) is 0 Å². The summed E-state index contributed by atoms with van der Waals surface area (Å²) >= 11 is 0. The Morgan fingerprint density at radius 2 is 1.42 bits per heavy atom. The van der Waals surface area contributed by atoms with Crippen molar-refractivity contribution >= 4 is 29.7 Å². The highest BCUT2D eigenvalue weighted by molar-refractivity contribution is 5.94. The van der Waals surface area contributed by atoms with Gasteiger partial charge in [0.2, 0.25) is 17.7 Å². The smallest absolute Gasteiger partial charge is 0.326 e. The first-order valence-electron chi connectivity index (χ1n) is 10.8. The summed E-state index contributed by atoms with van der Waals surface area (Å²) in [6.07, 6.45) is -0.701. The number of carboxylic acid groups (broad SMARTS) is 2. The first-order chi connectivity index (χ1) is 15.3. The molecule has 0 aromatic carbocycles. The summed E-state index contributed by atoms with van der Waals surface area (Å²) in [5, 5.41) is 34.7. The van der Waals surface area contributed by atoms with Crippen LogP contribution in [-0.2, 0) is 24.0 Å². The zero-order valence-corrected chi connectivity index (χ0v) is 19.2. The Balaban J connectivity index is 5.43. The van der Waals surface area contributed by atoms with E-state index in [1.54, 1.807) is 0 Å². The van der Waals surface area contributed by atoms with Gasteiger partial charge in [0, 0.05) is 0 Å². The maximum atomic E-state index is 12.8. The Bertz CT molecular complexity index is 685. The van der Waals surface area contributed by atoms with Gasteiger partial charge in [0.05, 0.1) is 18.6 Å². The quantitative estimate of drug-likeness (QED) is 0.113. The predicted octanol–water partition coefficient (Wildman–Crippen LogP) is -2.12. The van der Waals surface area contributed by atoms with E-state index in [0.717, 1.165) is 0 Å². The van der Waals surface area contributed by atoms with Gasteiger partial charge in [-0.2, -0.15) is 0 Å². The number of hydrogen-bond donors (Lipinski definition) is 8. The van der Waals surface area contributed by atoms with E-state index in [0.29, 0.717) is 25.8 Å². The van der Waals surface area contributed by atoms with Crippen LogP contribution in [-0.4, -0.2) is 81.8 Å². The van der Waals surface area contributed by atoms with Crippen molar-refractivity contribution in [1.29, 1.82) is 0 Å². The molecule has 10 N–H and O–H groups in total. The molecule has 0 spiro atoms. The van der Waals surface area contributed by atoms with Crippen molar-refractivity contribution in [3.63, 3.8) is 0 Å². The molecule has 5 atom stereocenters. The highest BCUT2D eigenvalue weighted by Gasteiger charge is 2.33. The number of aliphatic hydroxyl groups excluding tert-OH is 1. The number of nitrogens with one attached hydrogen (secondary N) is 3. The van der Waals surface area contributed by atoms with E-state index >= 15 is 0 Å². The van der Waals surface area contributed by atoms with Crippen molar-refractivity contribution in [1.82, 2.24) is 16.0 Å². The van der Waals surface area contributed by atoms with Crippen LogP contribution in [0.25, 0.3) is 0 Å². The number of rotatable bonds is 16. The summed E-state index contributed by atoms with van der Waals surface area (Å²) in [6.45, 7) is 5.34. The molecule has 0 heterocycles. The summed E-state index contributed by atoms with van der Waals surface area (Å²) in [5.74, 6) is -5.33. The van der Waals surface area contributed by atoms with Crippen LogP contribution >= 0.6 is 0 Å². The van der Waals surface area contributed by atoms with Crippen LogP contribution in [0, 0.1) is 5.92 Å². The number of aliphatic carboxylic acids is 2. The largest absolute Gasteiger partial charge is 0.481 e. The number of carbonyl (C=O) groups is 5. The van der Waals surface area contributed by atoms with Crippen molar-refractivity contribution in [3.8, 4) is 0 Å². The maximum Gasteiger partial charge on any atom is 0.326 e. The number of hydrogen-bond acceptors (Lipinski definition) is 8. The van der Waals surface area contributed by atoms with Gasteiger partial charge in [0.1, 0.15) is 18.1 Å². The lowest BCUT2D eigenvalue weighted by Gasteiger charge is -2.26. The van der Waals surface area contributed by atoms with Crippen molar-refractivity contribution < 1.29 is 39.3 Å². The topological polar surface area (TPSA) is 234 Å². The Hall–Kier alpha value is -2.77. The molecule has 0 rings (SSSR count). The van der Waals surface area contributed by atoms with E-state index in [4.69, 9.17) is 21.7 Å². The van der Waals surface area contributed by atoms with Gasteiger partial charge in [-0.1, -0.05) is 13.8 Å². The summed E-state index contributed by atoms with van der Waals surface area (Å²) in [5.41, 5.74) is 11.3. The minimum Gasteiger partial charge on any atom is -0.481 e. The van der Waals surface area contributed by atoms with Gasteiger partial charge in [-0.25, -0.2) is 4.79 Å². The number of aliphatic hydroxyl groups is 1. The van der Waals surface area contributed by atoms with Gasteiger partial charge in [0.15, 0.2) is 0 Å². The molecule has 0 radical (unpaired) electrons. The van der Waals surface area contributed by atoms with E-state index in [2.05, 4.69) is 10.6 Å². The zero-order valence-electron chi connectivity index (χ0n) is 19.2. The molecule has 13 nitrogen and oxygen atoms in total. The van der Waals surface area contributed by atoms with Crippen LogP contribution in [0.15, 0.2) is 0 Å². The Morgan fingerprint density at radius 1 is 0.848 bits per heavy atom. The minimum absolute atomic E-state index is 0.145. The molecule has 3 amide bonds. The SMILES string of the molecule is CC(C)CC(N)C(=O)NC(CCCCN)C(=O)NC(C(=O)NC(CC(=O)O)C(=O)O)C(C)O. The fourth-order valence-electron chi connectivity index (χ4n) is 2.95. The second-order valence-electron chi connectivity index (χ2n) is 8.31. The predicted molar refractivity (Wildman–Crippen MR) is 118 cm³/mol. The molecule has 0 fully saturated rings. The second-order valence-corrected chi connectivity index (χ2v) is 8.31. The second kappa shape index (κ2) is 15.1. The fraction of sp³-hybridized carbons (Fsp3) is 0.750. The first kappa shape index (κ1) is 30.2. The Kier molecular flexibility index (Phi) is 13.9. The average molecular weight is 476 g/mol. The van der Waals surface area contributed by atoms with Crippen molar-refractivity contribution in [3.05, 3.63) is 0 Å². The van der Waals surface area contributed by atoms with Gasteiger partial charge in [0.25, 0.3) is 0 Å². The number of nitrogens with two attached hydrogens (primary N) is 2. The molecule has 0 aromatic heterocycles. The summed E-state index contributed by atoms with van der Waals surface area (Å²) in [6, 6.07) is -5.28. The van der Waals surface area contributed by atoms with Crippen molar-refractivity contribution in [2.45, 2.75) is 83.1 Å². The monoisotopic (exact) mass is 475 g/mol. The normalized spacial score (nSPS) is 15.6. The summed E-state index contributed by atoms with van der Waals surface area (Å²) < 4.78 is 0. The molecule has 0 bridgehead atoms. The molecule has 5 unspecified atom stereocenters. The molecule has 0 aliphatic rings. The van der Waals surface area contributed by atoms with E-state index in [9.17, 15) is 29.1 Å². The Morgan fingerprint density at radius 3 is 1.88 bits per heavy atom. The Labute approximate surface area is 192 Å². The summed E-state index contributed by atoms with van der Waals surface area (Å²) in [4.78, 5) is 59.8. The molecule has 13 heteroatoms. The first-order valence-corrected chi connectivity index (χ1v) is 10.8. The van der Waals surface area contributed by atoms with Crippen LogP contribution in [0.1, 0.15) is 52.9 Å². The molecule has 0 aliphatic heterocycles. The van der Waals surface area contributed by atoms with Crippen LogP contribution in [0.4, 0.5) is 0 Å². The minimum atomic E-state index is -1.76. The highest BCUT2D eigenvalue weighted by Crippen LogP contribution is 2.07. The van der Waals surface area contributed by atoms with E-state index in [1.165, 1.54) is 6.92 Å². The molecule has 0 aromatic rings. The molecular formula is C20H37N5O8. The standard InChI is InChI=1S/C20H37N5O8/c1-10(2)8-12(22)17(29)23-13(6-4-5-7-21)18(30)25-16(11(3)26)19(31)24-14(20(32)33)9-15(27)28/h10-14,16,26H,4-9,21-22H2,1-3H3,(H,23,29)(H,24,31)(H,25,30)(H,27,28)(H,32,33). The van der Waals surface area contributed by atoms with Gasteiger partial charge in [-0.3, -0.25) is 19.2 Å².